The fourth-order valence-corrected chi connectivity index (χ4v) is 8.30. The van der Waals surface area contributed by atoms with Gasteiger partial charge in [0.25, 0.3) is 0 Å². The lowest BCUT2D eigenvalue weighted by Crippen LogP contribution is -2.15. The molecule has 2 nitrogen and oxygen atoms in total. The Morgan fingerprint density at radius 2 is 1.13 bits per heavy atom. The number of benzene rings is 8. The monoisotopic (exact) mass is 666 g/mol. The maximum atomic E-state index is 9.17. The molecule has 8 aromatic carbocycles. The van der Waals surface area contributed by atoms with Gasteiger partial charge in [-0.15, -0.1) is 0 Å². The third kappa shape index (κ3) is 4.83. The fourth-order valence-electron chi connectivity index (χ4n) is 8.30. The van der Waals surface area contributed by atoms with E-state index in [4.69, 9.17) is 6.35 Å². The van der Waals surface area contributed by atoms with Crippen LogP contribution in [0.1, 0.15) is 39.0 Å². The van der Waals surface area contributed by atoms with E-state index in [0.717, 1.165) is 17.1 Å². The van der Waals surface area contributed by atoms with Gasteiger partial charge in [0.15, 0.2) is 0 Å². The van der Waals surface area contributed by atoms with Crippen molar-refractivity contribution in [1.29, 1.82) is 0 Å². The van der Waals surface area contributed by atoms with Crippen LogP contribution in [0.25, 0.3) is 66.7 Å². The van der Waals surface area contributed by atoms with Crippen LogP contribution >= 0.6 is 0 Å². The summed E-state index contributed by atoms with van der Waals surface area (Å²) in [6, 6.07) is 57.6. The van der Waals surface area contributed by atoms with Gasteiger partial charge in [-0.25, -0.2) is 0 Å². The van der Waals surface area contributed by atoms with Crippen molar-refractivity contribution in [3.8, 4) is 22.3 Å². The third-order valence-electron chi connectivity index (χ3n) is 10.9. The number of aromatic nitrogens is 1. The van der Waals surface area contributed by atoms with Crippen LogP contribution in [0, 0.1) is 0 Å². The molecule has 2 heteroatoms. The molecule has 0 aliphatic heterocycles. The minimum atomic E-state index is -0.290. The van der Waals surface area contributed by atoms with Crippen LogP contribution in [-0.2, 0) is 5.41 Å². The molecule has 1 aliphatic rings. The molecule has 0 amide bonds. The summed E-state index contributed by atoms with van der Waals surface area (Å²) in [4.78, 5) is 6.85. The van der Waals surface area contributed by atoms with Gasteiger partial charge in [-0.05, 0) is 120 Å². The maximum absolute atomic E-state index is 9.17. The minimum Gasteiger partial charge on any atom is -0.309 e. The van der Waals surface area contributed by atoms with Crippen molar-refractivity contribution >= 4 is 61.5 Å². The van der Waals surface area contributed by atoms with E-state index in [1.54, 1.807) is 6.20 Å². The number of nitrogens with zero attached hydrogens (tertiary/aromatic N) is 2. The minimum absolute atomic E-state index is 0.0945. The lowest BCUT2D eigenvalue weighted by atomic mass is 9.80. The van der Waals surface area contributed by atoms with Crippen LogP contribution in [0.15, 0.2) is 170 Å². The molecule has 1 heterocycles. The van der Waals surface area contributed by atoms with Crippen LogP contribution in [0.2, 0.25) is 0 Å². The van der Waals surface area contributed by atoms with Gasteiger partial charge in [-0.1, -0.05) is 141 Å². The van der Waals surface area contributed by atoms with E-state index in [1.807, 2.05) is 54.6 Å². The molecule has 0 radical (unpaired) electrons. The van der Waals surface area contributed by atoms with Crippen molar-refractivity contribution in [2.45, 2.75) is 19.3 Å². The van der Waals surface area contributed by atoms with Crippen molar-refractivity contribution in [3.63, 3.8) is 0 Å². The van der Waals surface area contributed by atoms with Gasteiger partial charge in [0.05, 0.1) is 20.3 Å². The number of pyridine rings is 1. The topological polar surface area (TPSA) is 16.1 Å². The van der Waals surface area contributed by atoms with Gasteiger partial charge in [-0.2, -0.15) is 0 Å². The Morgan fingerprint density at radius 1 is 0.519 bits per heavy atom. The van der Waals surface area contributed by atoms with Crippen molar-refractivity contribution in [2.75, 3.05) is 4.90 Å². The molecule has 0 spiro atoms. The summed E-state index contributed by atoms with van der Waals surface area (Å²) in [5, 5.41) is 7.73. The molecular formula is C50H36N2. The number of para-hydroxylation sites is 2. The van der Waals surface area contributed by atoms with E-state index in [1.165, 1.54) is 65.7 Å². The van der Waals surface area contributed by atoms with Crippen molar-refractivity contribution in [2.24, 2.45) is 0 Å². The molecule has 0 fully saturated rings. The molecule has 52 heavy (non-hydrogen) atoms. The van der Waals surface area contributed by atoms with Gasteiger partial charge in [0.2, 0.25) is 0 Å². The zero-order chi connectivity index (χ0) is 36.6. The molecule has 0 atom stereocenters. The predicted molar refractivity (Wildman–Crippen MR) is 221 cm³/mol. The van der Waals surface area contributed by atoms with Crippen molar-refractivity contribution in [3.05, 3.63) is 192 Å². The Balaban J connectivity index is 0.992. The Labute approximate surface area is 307 Å². The van der Waals surface area contributed by atoms with E-state index in [2.05, 4.69) is 128 Å². The fraction of sp³-hybridized carbons (Fsp3) is 0.0600. The van der Waals surface area contributed by atoms with Crippen LogP contribution in [0.5, 0.6) is 0 Å². The first-order valence-corrected chi connectivity index (χ1v) is 17.9. The molecule has 9 aromatic rings. The highest BCUT2D eigenvalue weighted by Gasteiger charge is 2.35. The van der Waals surface area contributed by atoms with Crippen LogP contribution in [0.3, 0.4) is 0 Å². The first-order chi connectivity index (χ1) is 26.4. The first-order valence-electron chi connectivity index (χ1n) is 18.9. The van der Waals surface area contributed by atoms with Crippen molar-refractivity contribution < 1.29 is 2.74 Å². The van der Waals surface area contributed by atoms with Gasteiger partial charge in [-0.3, -0.25) is 4.98 Å². The molecule has 1 aromatic heterocycles. The van der Waals surface area contributed by atoms with Gasteiger partial charge < -0.3 is 4.90 Å². The highest BCUT2D eigenvalue weighted by atomic mass is 15.1. The summed E-state index contributed by atoms with van der Waals surface area (Å²) in [7, 11) is 0. The van der Waals surface area contributed by atoms with E-state index in [-0.39, 0.29) is 17.5 Å². The van der Waals surface area contributed by atoms with Gasteiger partial charge in [0.1, 0.15) is 0 Å². The van der Waals surface area contributed by atoms with Gasteiger partial charge in [0, 0.05) is 16.8 Å². The van der Waals surface area contributed by atoms with E-state index in [0.29, 0.717) is 11.3 Å². The Kier molecular flexibility index (Phi) is 6.40. The normalized spacial score (nSPS) is 14.2. The number of rotatable bonds is 6. The summed E-state index contributed by atoms with van der Waals surface area (Å²) in [6.45, 7) is 4.55. The van der Waals surface area contributed by atoms with E-state index < -0.39 is 0 Å². The summed E-state index contributed by atoms with van der Waals surface area (Å²) >= 11 is 0. The Bertz CT molecular complexity index is 2860. The number of hydrogen-bond donors (Lipinski definition) is 0. The zero-order valence-corrected chi connectivity index (χ0v) is 29.1. The summed E-state index contributed by atoms with van der Waals surface area (Å²) in [6.07, 6.45) is 1.79. The Hall–Kier alpha value is -6.51. The highest BCUT2D eigenvalue weighted by molar-refractivity contribution is 6.25. The second kappa shape index (κ2) is 11.8. The molecule has 0 saturated carbocycles. The van der Waals surface area contributed by atoms with Gasteiger partial charge >= 0.3 is 0 Å². The zero-order valence-electron chi connectivity index (χ0n) is 31.1. The Morgan fingerprint density at radius 3 is 1.83 bits per heavy atom. The van der Waals surface area contributed by atoms with Crippen molar-refractivity contribution in [1.82, 2.24) is 4.98 Å². The second-order valence-electron chi connectivity index (χ2n) is 14.3. The average molecular weight is 667 g/mol. The largest absolute Gasteiger partial charge is 0.309 e. The summed E-state index contributed by atoms with van der Waals surface area (Å²) in [5.41, 5.74) is 11.1. The molecule has 0 saturated heterocycles. The SMILES string of the molecule is [2H]/C(=C(/[2H])c1ccc(N(c2ccccc2)c2ccccc2)cn1)c1ccc2c(c1)C(C)(C)c1cc(-c3ccc4ccc5cccc6ccc3c4c56)ccc1-2. The first kappa shape index (κ1) is 28.2. The molecule has 10 rings (SSSR count). The number of hydrogen-bond acceptors (Lipinski definition) is 2. The third-order valence-corrected chi connectivity index (χ3v) is 10.9. The summed E-state index contributed by atoms with van der Waals surface area (Å²) in [5.74, 6) is 0. The lowest BCUT2D eigenvalue weighted by molar-refractivity contribution is 0.660. The van der Waals surface area contributed by atoms with E-state index in [9.17, 15) is 1.37 Å². The standard InChI is InChI=1S/C50H36N2/c1-50(2)46-30-33(16-23-38-24-25-41(32-51-38)52(39-12-5-3-6-13-39)40-14-7-4-8-15-40)17-26-43(46)44-28-22-37(31-47(44)50)42-27-20-36-19-18-34-10-9-11-35-21-29-45(42)49(36)48(34)35/h3-32H,1-2H3/b23-16+/i16D,23D. The predicted octanol–water partition coefficient (Wildman–Crippen LogP) is 13.6. The molecule has 0 unspecified atom stereocenters. The quantitative estimate of drug-likeness (QED) is 0.164. The summed E-state index contributed by atoms with van der Waals surface area (Å²) < 4.78 is 18.2. The molecular weight excluding hydrogens is 629 g/mol. The smallest absolute Gasteiger partial charge is 0.0646 e. The lowest BCUT2D eigenvalue weighted by Gasteiger charge is -2.25. The van der Waals surface area contributed by atoms with Crippen LogP contribution in [0.4, 0.5) is 17.1 Å². The molecule has 0 bridgehead atoms. The molecule has 246 valence electrons. The van der Waals surface area contributed by atoms with Crippen LogP contribution in [-0.4, -0.2) is 4.98 Å². The van der Waals surface area contributed by atoms with E-state index >= 15 is 0 Å². The maximum Gasteiger partial charge on any atom is 0.0646 e. The van der Waals surface area contributed by atoms with Crippen LogP contribution < -0.4 is 4.90 Å². The number of fused-ring (bicyclic) bond motifs is 3. The second-order valence-corrected chi connectivity index (χ2v) is 14.3. The molecule has 0 N–H and O–H groups in total. The molecule has 1 aliphatic carbocycles. The highest BCUT2D eigenvalue weighted by Crippen LogP contribution is 2.51. The number of anilines is 3. The average Bonchev–Trinajstić information content (AvgIpc) is 3.45.